The van der Waals surface area contributed by atoms with E-state index in [0.29, 0.717) is 60.8 Å². The summed E-state index contributed by atoms with van der Waals surface area (Å²) in [6.07, 6.45) is -0.913. The number of hydrogen-bond donors (Lipinski definition) is 4. The Bertz CT molecular complexity index is 1350. The van der Waals surface area contributed by atoms with E-state index in [4.69, 9.17) is 10.8 Å². The van der Waals surface area contributed by atoms with Gasteiger partial charge in [-0.2, -0.15) is 13.2 Å². The zero-order valence-corrected chi connectivity index (χ0v) is 24.6. The van der Waals surface area contributed by atoms with Crippen molar-refractivity contribution in [2.75, 3.05) is 42.9 Å². The molecule has 5 rings (SSSR count). The fraction of sp³-hybridized carbons (Fsp3) is 0.538. The molecular formula is C26H33F3N8O3S2. The maximum Gasteiger partial charge on any atom is 0.417 e. The summed E-state index contributed by atoms with van der Waals surface area (Å²) in [7, 11) is 0. The molecule has 228 valence electrons. The SMILES string of the molecule is C[C@@H]1CC[C@@H](N)N1Cc1sc(NC(O)c2cnc(N3CCN(CCC(=O)O)CC3)cn2)nc1-c1cc(C(F)(F)F)cs1. The number of halogens is 3. The number of aliphatic carboxylic acids is 1. The smallest absolute Gasteiger partial charge is 0.417 e. The van der Waals surface area contributed by atoms with E-state index >= 15 is 0 Å². The number of carbonyl (C=O) groups is 1. The molecule has 0 bridgehead atoms. The molecule has 11 nitrogen and oxygen atoms in total. The quantitative estimate of drug-likeness (QED) is 0.245. The third-order valence-electron chi connectivity index (χ3n) is 7.59. The maximum absolute atomic E-state index is 13.3. The summed E-state index contributed by atoms with van der Waals surface area (Å²) in [4.78, 5) is 31.6. The standard InChI is InChI=1S/C26H33F3N8O3S2/c1-15-2-3-20(30)37(15)13-19-23(18-10-16(14-41-18)26(27,28)29)33-25(42-19)34-24(40)17-11-32-21(12-31-17)36-8-6-35(7-9-36)5-4-22(38)39/h10-12,14-15,20,24,40H,2-9,13,30H2,1H3,(H,33,34)(H,38,39)/t15-,20+,24?/m1/s1. The van der Waals surface area contributed by atoms with Crippen LogP contribution < -0.4 is 16.0 Å². The molecule has 0 amide bonds. The highest BCUT2D eigenvalue weighted by Gasteiger charge is 2.34. The highest BCUT2D eigenvalue weighted by molar-refractivity contribution is 7.17. The van der Waals surface area contributed by atoms with Crippen LogP contribution in [-0.4, -0.2) is 85.9 Å². The van der Waals surface area contributed by atoms with E-state index in [2.05, 4.69) is 37.0 Å². The van der Waals surface area contributed by atoms with Gasteiger partial charge < -0.3 is 26.2 Å². The number of aromatic nitrogens is 3. The van der Waals surface area contributed by atoms with Crippen molar-refractivity contribution in [2.24, 2.45) is 5.73 Å². The first-order valence-corrected chi connectivity index (χ1v) is 15.3. The van der Waals surface area contributed by atoms with E-state index in [1.807, 2.05) is 4.90 Å². The molecule has 2 saturated heterocycles. The molecule has 3 aromatic heterocycles. The number of carboxylic acid groups (broad SMARTS) is 1. The van der Waals surface area contributed by atoms with Gasteiger partial charge in [0.1, 0.15) is 11.5 Å². The molecule has 0 spiro atoms. The van der Waals surface area contributed by atoms with Gasteiger partial charge in [-0.25, -0.2) is 9.97 Å². The van der Waals surface area contributed by atoms with E-state index in [1.54, 1.807) is 6.20 Å². The van der Waals surface area contributed by atoms with E-state index in [1.165, 1.54) is 17.5 Å². The second kappa shape index (κ2) is 12.8. The highest BCUT2D eigenvalue weighted by Crippen LogP contribution is 2.41. The average Bonchev–Trinajstić information content (AvgIpc) is 3.68. The van der Waals surface area contributed by atoms with Crippen molar-refractivity contribution in [3.63, 3.8) is 0 Å². The number of alkyl halides is 3. The van der Waals surface area contributed by atoms with Crippen LogP contribution in [-0.2, 0) is 17.5 Å². The number of rotatable bonds is 10. The number of thiophene rings is 1. The van der Waals surface area contributed by atoms with Gasteiger partial charge in [0, 0.05) is 55.6 Å². The van der Waals surface area contributed by atoms with Crippen LogP contribution in [0.25, 0.3) is 10.6 Å². The Kier molecular flexibility index (Phi) is 9.29. The number of anilines is 2. The maximum atomic E-state index is 13.3. The molecule has 0 saturated carbocycles. The molecule has 0 aromatic carbocycles. The first kappa shape index (κ1) is 30.6. The molecule has 16 heteroatoms. The largest absolute Gasteiger partial charge is 0.481 e. The van der Waals surface area contributed by atoms with Crippen LogP contribution in [0.1, 0.15) is 48.5 Å². The molecule has 0 aliphatic carbocycles. The zero-order valence-electron chi connectivity index (χ0n) is 22.9. The molecule has 2 aliphatic heterocycles. The molecule has 1 unspecified atom stereocenters. The van der Waals surface area contributed by atoms with Gasteiger partial charge >= 0.3 is 12.1 Å². The summed E-state index contributed by atoms with van der Waals surface area (Å²) >= 11 is 2.24. The van der Waals surface area contributed by atoms with Crippen molar-refractivity contribution in [1.29, 1.82) is 0 Å². The number of thiazole rings is 1. The summed E-state index contributed by atoms with van der Waals surface area (Å²) in [6, 6.07) is 1.33. The van der Waals surface area contributed by atoms with E-state index in [9.17, 15) is 23.1 Å². The predicted molar refractivity (Wildman–Crippen MR) is 154 cm³/mol. The van der Waals surface area contributed by atoms with Gasteiger partial charge in [0.25, 0.3) is 0 Å². The van der Waals surface area contributed by atoms with Crippen LogP contribution in [0.5, 0.6) is 0 Å². The van der Waals surface area contributed by atoms with Crippen molar-refractivity contribution in [1.82, 2.24) is 24.8 Å². The molecule has 5 N–H and O–H groups in total. The molecular weight excluding hydrogens is 593 g/mol. The van der Waals surface area contributed by atoms with Gasteiger partial charge in [-0.3, -0.25) is 19.6 Å². The van der Waals surface area contributed by atoms with Crippen LogP contribution in [0.2, 0.25) is 0 Å². The topological polar surface area (TPSA) is 144 Å². The minimum absolute atomic E-state index is 0.105. The van der Waals surface area contributed by atoms with Crippen molar-refractivity contribution >= 4 is 39.6 Å². The third kappa shape index (κ3) is 7.18. The van der Waals surface area contributed by atoms with Crippen molar-refractivity contribution in [3.05, 3.63) is 40.0 Å². The Labute approximate surface area is 248 Å². The molecule has 2 fully saturated rings. The van der Waals surface area contributed by atoms with Crippen molar-refractivity contribution < 1.29 is 28.2 Å². The van der Waals surface area contributed by atoms with E-state index in [0.717, 1.165) is 40.5 Å². The minimum Gasteiger partial charge on any atom is -0.481 e. The van der Waals surface area contributed by atoms with Crippen LogP contribution >= 0.6 is 22.7 Å². The number of aliphatic hydroxyl groups is 1. The first-order valence-electron chi connectivity index (χ1n) is 13.6. The Hall–Kier alpha value is -2.89. The van der Waals surface area contributed by atoms with Gasteiger partial charge in [0.15, 0.2) is 11.4 Å². The number of piperazine rings is 1. The number of nitrogens with one attached hydrogen (secondary N) is 1. The number of aliphatic hydroxyl groups excluding tert-OH is 1. The first-order chi connectivity index (χ1) is 20.0. The number of nitrogens with zero attached hydrogens (tertiary/aromatic N) is 6. The van der Waals surface area contributed by atoms with Crippen LogP contribution in [0.3, 0.4) is 0 Å². The monoisotopic (exact) mass is 626 g/mol. The number of hydrogen-bond acceptors (Lipinski definition) is 12. The van der Waals surface area contributed by atoms with Gasteiger partial charge in [0.2, 0.25) is 0 Å². The van der Waals surface area contributed by atoms with E-state index in [-0.39, 0.29) is 24.3 Å². The number of likely N-dealkylation sites (tertiary alicyclic amines) is 1. The number of nitrogens with two attached hydrogens (primary N) is 1. The average molecular weight is 627 g/mol. The summed E-state index contributed by atoms with van der Waals surface area (Å²) < 4.78 is 39.9. The predicted octanol–water partition coefficient (Wildman–Crippen LogP) is 3.65. The lowest BCUT2D eigenvalue weighted by Crippen LogP contribution is -2.47. The van der Waals surface area contributed by atoms with Gasteiger partial charge in [0.05, 0.1) is 41.1 Å². The summed E-state index contributed by atoms with van der Waals surface area (Å²) in [6.45, 7) is 5.80. The molecule has 3 aromatic rings. The van der Waals surface area contributed by atoms with Crippen LogP contribution in [0.4, 0.5) is 24.1 Å². The van der Waals surface area contributed by atoms with Crippen molar-refractivity contribution in [3.8, 4) is 10.6 Å². The lowest BCUT2D eigenvalue weighted by molar-refractivity contribution is -0.138. The molecule has 5 heterocycles. The summed E-state index contributed by atoms with van der Waals surface area (Å²) in [5.41, 5.74) is 6.27. The Morgan fingerprint density at radius 3 is 2.57 bits per heavy atom. The highest BCUT2D eigenvalue weighted by atomic mass is 32.1. The fourth-order valence-corrected chi connectivity index (χ4v) is 7.12. The summed E-state index contributed by atoms with van der Waals surface area (Å²) in [5.74, 6) is -0.166. The Morgan fingerprint density at radius 1 is 1.21 bits per heavy atom. The van der Waals surface area contributed by atoms with Crippen LogP contribution in [0, 0.1) is 0 Å². The summed E-state index contributed by atoms with van der Waals surface area (Å²) in [5, 5.41) is 24.1. The van der Waals surface area contributed by atoms with Crippen molar-refractivity contribution in [2.45, 2.75) is 57.3 Å². The third-order valence-corrected chi connectivity index (χ3v) is 9.50. The van der Waals surface area contributed by atoms with E-state index < -0.39 is 23.9 Å². The Balaban J connectivity index is 1.28. The molecule has 0 radical (unpaired) electrons. The lowest BCUT2D eigenvalue weighted by atomic mass is 10.2. The molecule has 42 heavy (non-hydrogen) atoms. The van der Waals surface area contributed by atoms with Gasteiger partial charge in [-0.1, -0.05) is 11.3 Å². The Morgan fingerprint density at radius 2 is 1.98 bits per heavy atom. The lowest BCUT2D eigenvalue weighted by Gasteiger charge is -2.35. The molecule has 3 atom stereocenters. The fourth-order valence-electron chi connectivity index (χ4n) is 5.11. The zero-order chi connectivity index (χ0) is 30.0. The molecule has 2 aliphatic rings. The van der Waals surface area contributed by atoms with Gasteiger partial charge in [-0.05, 0) is 25.8 Å². The second-order valence-electron chi connectivity index (χ2n) is 10.5. The minimum atomic E-state index is -4.45. The van der Waals surface area contributed by atoms with Crippen LogP contribution in [0.15, 0.2) is 23.8 Å². The number of carboxylic acids is 1. The van der Waals surface area contributed by atoms with Gasteiger partial charge in [-0.15, -0.1) is 11.3 Å². The second-order valence-corrected chi connectivity index (χ2v) is 12.5. The normalized spacial score (nSPS) is 21.1.